The first-order valence-corrected chi connectivity index (χ1v) is 13.6. The Balaban J connectivity index is 1.51. The van der Waals surface area contributed by atoms with Crippen molar-refractivity contribution in [1.29, 1.82) is 0 Å². The third-order valence-corrected chi connectivity index (χ3v) is 7.54. The van der Waals surface area contributed by atoms with E-state index in [9.17, 15) is 6.85 Å². The lowest BCUT2D eigenvalue weighted by molar-refractivity contribution is 1.17. The fourth-order valence-electron chi connectivity index (χ4n) is 5.69. The lowest BCUT2D eigenvalue weighted by Crippen LogP contribution is -1.96. The summed E-state index contributed by atoms with van der Waals surface area (Å²) in [4.78, 5) is 0. The van der Waals surface area contributed by atoms with Gasteiger partial charge in [0.1, 0.15) is 0 Å². The number of para-hydroxylation sites is 2. The molecule has 0 aliphatic heterocycles. The van der Waals surface area contributed by atoms with Gasteiger partial charge < -0.3 is 9.13 Å². The molecule has 2 heterocycles. The van der Waals surface area contributed by atoms with Crippen LogP contribution in [-0.2, 0) is 0 Å². The van der Waals surface area contributed by atoms with Crippen molar-refractivity contribution in [3.05, 3.63) is 169 Å². The van der Waals surface area contributed by atoms with Gasteiger partial charge in [0.05, 0.1) is 48.1 Å². The van der Waals surface area contributed by atoms with E-state index in [2.05, 4.69) is 0 Å². The topological polar surface area (TPSA) is 9.86 Å². The highest BCUT2D eigenvalue weighted by Crippen LogP contribution is 2.40. The molecule has 0 unspecified atom stereocenters. The molecule has 9 aromatic rings. The molecule has 0 aliphatic rings. The van der Waals surface area contributed by atoms with Crippen LogP contribution in [0.4, 0.5) is 0 Å². The van der Waals surface area contributed by atoms with E-state index < -0.39 is 120 Å². The molecule has 0 atom stereocenters. The summed E-state index contributed by atoms with van der Waals surface area (Å²) >= 11 is 0. The van der Waals surface area contributed by atoms with Gasteiger partial charge in [0.2, 0.25) is 0 Å². The Morgan fingerprint density at radius 1 is 0.409 bits per heavy atom. The van der Waals surface area contributed by atoms with Crippen LogP contribution in [0.15, 0.2) is 169 Å². The summed E-state index contributed by atoms with van der Waals surface area (Å²) < 4.78 is 172. The number of aromatic nitrogens is 2. The first-order valence-electron chi connectivity index (χ1n) is 23.1. The van der Waals surface area contributed by atoms with Crippen LogP contribution in [0.5, 0.6) is 0 Å². The van der Waals surface area contributed by atoms with E-state index in [0.29, 0.717) is 5.56 Å². The van der Waals surface area contributed by atoms with Crippen LogP contribution >= 0.6 is 0 Å². The maximum absolute atomic E-state index is 9.92. The van der Waals surface area contributed by atoms with Gasteiger partial charge in [0.15, 0.2) is 0 Å². The summed E-state index contributed by atoms with van der Waals surface area (Å²) in [6, 6.07) is 2.37. The van der Waals surface area contributed by atoms with Gasteiger partial charge in [-0.2, -0.15) is 0 Å². The Hall–Kier alpha value is -5.86. The first kappa shape index (κ1) is 12.4. The van der Waals surface area contributed by atoms with Crippen LogP contribution in [0.3, 0.4) is 0 Å². The van der Waals surface area contributed by atoms with Gasteiger partial charge in [-0.3, -0.25) is 0 Å². The third kappa shape index (κ3) is 3.75. The number of benzene rings is 7. The number of rotatable bonds is 4. The van der Waals surface area contributed by atoms with E-state index in [4.69, 9.17) is 19.2 Å². The summed E-state index contributed by atoms with van der Waals surface area (Å²) in [6.45, 7) is 0. The molecule has 0 aliphatic carbocycles. The molecule has 0 saturated carbocycles. The molecule has 0 radical (unpaired) electrons. The van der Waals surface area contributed by atoms with Gasteiger partial charge in [0.25, 0.3) is 0 Å². The Morgan fingerprint density at radius 2 is 1.07 bits per heavy atom. The second-order valence-electron chi connectivity index (χ2n) is 9.96. The molecule has 2 nitrogen and oxygen atoms in total. The minimum Gasteiger partial charge on any atom is -0.309 e. The van der Waals surface area contributed by atoms with E-state index in [0.717, 1.165) is 4.57 Å². The van der Waals surface area contributed by atoms with Crippen molar-refractivity contribution in [2.24, 2.45) is 0 Å². The Kier molecular flexibility index (Phi) is 2.78. The van der Waals surface area contributed by atoms with Crippen LogP contribution in [0, 0.1) is 0 Å². The molecule has 0 spiro atoms. The Bertz CT molecular complexity index is 3530. The summed E-state index contributed by atoms with van der Waals surface area (Å²) in [5, 5.41) is -0.781. The van der Waals surface area contributed by atoms with Crippen molar-refractivity contribution >= 4 is 43.6 Å². The van der Waals surface area contributed by atoms with Crippen LogP contribution < -0.4 is 0 Å². The van der Waals surface area contributed by atoms with Crippen LogP contribution in [0.25, 0.3) is 77.2 Å². The quantitative estimate of drug-likeness (QED) is 0.196. The molecule has 2 aromatic heterocycles. The maximum atomic E-state index is 9.92. The van der Waals surface area contributed by atoms with E-state index in [1.54, 1.807) is 30.3 Å². The molecule has 7 aromatic carbocycles. The first-order chi connectivity index (χ1) is 29.8. The van der Waals surface area contributed by atoms with E-state index in [1.807, 2.05) is 0 Å². The molecule has 0 saturated heterocycles. The fourth-order valence-corrected chi connectivity index (χ4v) is 5.69. The molecule has 206 valence electrons. The highest BCUT2D eigenvalue weighted by Gasteiger charge is 2.18. The lowest BCUT2D eigenvalue weighted by Gasteiger charge is -2.12. The van der Waals surface area contributed by atoms with Gasteiger partial charge in [0, 0.05) is 32.9 Å². The summed E-state index contributed by atoms with van der Waals surface area (Å²) in [5.74, 6) is 0. The van der Waals surface area contributed by atoms with Crippen molar-refractivity contribution in [3.8, 4) is 33.6 Å². The predicted octanol–water partition coefficient (Wildman–Crippen LogP) is 11.2. The zero-order chi connectivity index (χ0) is 45.6. The zero-order valence-corrected chi connectivity index (χ0v) is 22.6. The average Bonchev–Trinajstić information content (AvgIpc) is 3.82. The van der Waals surface area contributed by atoms with Crippen molar-refractivity contribution < 1.29 is 26.0 Å². The van der Waals surface area contributed by atoms with Crippen molar-refractivity contribution in [2.45, 2.75) is 0 Å². The molecule has 0 fully saturated rings. The van der Waals surface area contributed by atoms with Crippen LogP contribution in [0.2, 0.25) is 0 Å². The van der Waals surface area contributed by atoms with E-state index >= 15 is 0 Å². The lowest BCUT2D eigenvalue weighted by atomic mass is 9.99. The van der Waals surface area contributed by atoms with Gasteiger partial charge in [-0.15, -0.1) is 0 Å². The number of hydrogen-bond acceptors (Lipinski definition) is 0. The summed E-state index contributed by atoms with van der Waals surface area (Å²) in [5.41, 5.74) is -1.21. The van der Waals surface area contributed by atoms with Crippen LogP contribution in [-0.4, -0.2) is 9.13 Å². The monoisotopic (exact) mass is 579 g/mol. The Labute approximate surface area is 282 Å². The molecular weight excluding hydrogens is 532 g/mol. The standard InChI is InChI=1S/C42H28N2/c1-3-13-29(14-4-1)31-17-11-18-32(27-31)43-38-22-9-7-19-35(38)37-28-33(25-26-40(37)43)44-39-23-10-8-20-36(39)42-34(21-12-24-41(42)44)30-15-5-2-6-16-30/h1-28H/i1D,3D,4D,7D,8D,9D,10D,12D,13D,14D,19D,20D,21D,22D,23D,24D,25D,26D,28D. The Morgan fingerprint density at radius 3 is 1.91 bits per heavy atom. The zero-order valence-electron chi connectivity index (χ0n) is 41.6. The predicted molar refractivity (Wildman–Crippen MR) is 186 cm³/mol. The second kappa shape index (κ2) is 9.86. The smallest absolute Gasteiger partial charge is 0.0652 e. The van der Waals surface area contributed by atoms with Crippen molar-refractivity contribution in [2.75, 3.05) is 0 Å². The van der Waals surface area contributed by atoms with Gasteiger partial charge in [-0.25, -0.2) is 0 Å². The molecular formula is C42H28N2. The SMILES string of the molecule is [2H]c1c([2H])c([2H])c(-c2cccc(-n3c4c([2H])c([2H])c([2H])c([2H])c4c4c([2H])c(-n5c6c([2H])c([2H])c([2H])c([2H])c6c6c(-c7ccccc7)c([2H])c([2H])c([2H])c65)c([2H])c([2H])c43)c2)c([2H])c1[2H]. The number of nitrogens with zero attached hydrogens (tertiary/aromatic N) is 2. The molecule has 2 heteroatoms. The molecule has 44 heavy (non-hydrogen) atoms. The van der Waals surface area contributed by atoms with Crippen molar-refractivity contribution in [3.63, 3.8) is 0 Å². The number of hydrogen-bond donors (Lipinski definition) is 0. The van der Waals surface area contributed by atoms with E-state index in [1.165, 1.54) is 28.8 Å². The van der Waals surface area contributed by atoms with E-state index in [-0.39, 0.29) is 66.0 Å². The molecule has 0 amide bonds. The van der Waals surface area contributed by atoms with Crippen LogP contribution in [0.1, 0.15) is 26.0 Å². The average molecular weight is 580 g/mol. The highest BCUT2D eigenvalue weighted by molar-refractivity contribution is 6.16. The number of fused-ring (bicyclic) bond motifs is 6. The molecule has 9 rings (SSSR count). The maximum Gasteiger partial charge on any atom is 0.0652 e. The van der Waals surface area contributed by atoms with Gasteiger partial charge in [-0.05, 0) is 70.6 Å². The minimum absolute atomic E-state index is 0.0373. The van der Waals surface area contributed by atoms with Gasteiger partial charge in [-0.1, -0.05) is 121 Å². The van der Waals surface area contributed by atoms with Crippen molar-refractivity contribution in [1.82, 2.24) is 9.13 Å². The normalized spacial score (nSPS) is 17.7. The highest BCUT2D eigenvalue weighted by atomic mass is 15.0. The largest absolute Gasteiger partial charge is 0.309 e. The van der Waals surface area contributed by atoms with Gasteiger partial charge >= 0.3 is 0 Å². The molecule has 0 bridgehead atoms. The fraction of sp³-hybridized carbons (Fsp3) is 0. The third-order valence-electron chi connectivity index (χ3n) is 7.54. The second-order valence-corrected chi connectivity index (χ2v) is 9.96. The minimum atomic E-state index is -0.734. The summed E-state index contributed by atoms with van der Waals surface area (Å²) in [7, 11) is 0. The molecule has 0 N–H and O–H groups in total. The summed E-state index contributed by atoms with van der Waals surface area (Å²) in [6.07, 6.45) is 0.